The number of imidazole rings is 1. The van der Waals surface area contributed by atoms with Crippen molar-refractivity contribution < 1.29 is 9.18 Å². The molecule has 5 rings (SSSR count). The number of rotatable bonds is 5. The zero-order valence-electron chi connectivity index (χ0n) is 16.7. The topological polar surface area (TPSA) is 79.8 Å². The van der Waals surface area contributed by atoms with E-state index in [1.54, 1.807) is 40.1 Å². The molecule has 0 unspecified atom stereocenters. The molecule has 1 aliphatic heterocycles. The van der Waals surface area contributed by atoms with Crippen molar-refractivity contribution in [2.24, 2.45) is 5.73 Å². The predicted molar refractivity (Wildman–Crippen MR) is 119 cm³/mol. The summed E-state index contributed by atoms with van der Waals surface area (Å²) in [4.78, 5) is 21.3. The average molecular weight is 437 g/mol. The predicted octanol–water partition coefficient (Wildman–Crippen LogP) is 3.02. The van der Waals surface area contributed by atoms with Crippen molar-refractivity contribution in [1.82, 2.24) is 19.5 Å². The van der Waals surface area contributed by atoms with Crippen molar-refractivity contribution >= 4 is 27.3 Å². The van der Waals surface area contributed by atoms with Gasteiger partial charge in [-0.15, -0.1) is 5.10 Å². The molecule has 3 heterocycles. The minimum Gasteiger partial charge on any atom is -0.366 e. The van der Waals surface area contributed by atoms with Crippen molar-refractivity contribution in [3.63, 3.8) is 0 Å². The van der Waals surface area contributed by atoms with Gasteiger partial charge in [0.1, 0.15) is 5.82 Å². The number of piperazine rings is 1. The molecular weight excluding hydrogens is 415 g/mol. The van der Waals surface area contributed by atoms with Gasteiger partial charge in [0.05, 0.1) is 11.9 Å². The Bertz CT molecular complexity index is 1180. The number of fused-ring (bicyclic) bond motifs is 1. The summed E-state index contributed by atoms with van der Waals surface area (Å²) in [5.74, 6) is -0.660. The van der Waals surface area contributed by atoms with E-state index >= 15 is 0 Å². The summed E-state index contributed by atoms with van der Waals surface area (Å²) < 4.78 is 14.9. The first-order valence-electron chi connectivity index (χ1n) is 10.0. The van der Waals surface area contributed by atoms with Gasteiger partial charge >= 0.3 is 0 Å². The third kappa shape index (κ3) is 4.14. The first-order valence-corrected chi connectivity index (χ1v) is 10.8. The zero-order valence-corrected chi connectivity index (χ0v) is 17.6. The lowest BCUT2D eigenvalue weighted by molar-refractivity contribution is 0.1000. The van der Waals surface area contributed by atoms with Crippen LogP contribution in [-0.4, -0.2) is 51.6 Å². The van der Waals surface area contributed by atoms with E-state index < -0.39 is 5.91 Å². The number of nitrogens with zero attached hydrogens (tertiary/aromatic N) is 5. The molecular formula is C22H21FN6OS. The van der Waals surface area contributed by atoms with E-state index in [2.05, 4.69) is 14.8 Å². The number of anilines is 1. The lowest BCUT2D eigenvalue weighted by Crippen LogP contribution is -2.46. The van der Waals surface area contributed by atoms with Crippen LogP contribution in [0.1, 0.15) is 15.9 Å². The summed E-state index contributed by atoms with van der Waals surface area (Å²) in [6, 6.07) is 13.8. The van der Waals surface area contributed by atoms with Crippen molar-refractivity contribution in [3.8, 4) is 11.3 Å². The molecule has 31 heavy (non-hydrogen) atoms. The molecule has 2 aromatic heterocycles. The Morgan fingerprint density at radius 2 is 1.74 bits per heavy atom. The van der Waals surface area contributed by atoms with E-state index in [4.69, 9.17) is 10.8 Å². The van der Waals surface area contributed by atoms with Gasteiger partial charge < -0.3 is 10.6 Å². The third-order valence-electron chi connectivity index (χ3n) is 5.46. The van der Waals surface area contributed by atoms with Crippen molar-refractivity contribution in [2.45, 2.75) is 6.54 Å². The fraction of sp³-hybridized carbons (Fsp3) is 0.227. The standard InChI is InChI=1S/C22H21FN6OS/c23-18-7-5-16(6-8-18)19-14-29-21(25-19)31-22(26-29)28-11-9-27(10-12-28)13-15-1-3-17(4-2-15)20(24)30/h1-8,14H,9-13H2,(H2,24,30). The van der Waals surface area contributed by atoms with Gasteiger partial charge in [-0.3, -0.25) is 9.69 Å². The van der Waals surface area contributed by atoms with Crippen molar-refractivity contribution in [2.75, 3.05) is 31.1 Å². The Hall–Kier alpha value is -3.30. The van der Waals surface area contributed by atoms with Gasteiger partial charge in [-0.2, -0.15) is 0 Å². The zero-order chi connectivity index (χ0) is 21.4. The van der Waals surface area contributed by atoms with Crippen LogP contribution in [0.15, 0.2) is 54.7 Å². The number of amides is 1. The second kappa shape index (κ2) is 8.09. The largest absolute Gasteiger partial charge is 0.366 e. The molecule has 1 amide bonds. The summed E-state index contributed by atoms with van der Waals surface area (Å²) in [6.07, 6.45) is 1.88. The smallest absolute Gasteiger partial charge is 0.248 e. The van der Waals surface area contributed by atoms with Crippen LogP contribution >= 0.6 is 11.3 Å². The lowest BCUT2D eigenvalue weighted by Gasteiger charge is -2.34. The summed E-state index contributed by atoms with van der Waals surface area (Å²) in [5, 5.41) is 5.65. The minimum absolute atomic E-state index is 0.257. The summed E-state index contributed by atoms with van der Waals surface area (Å²) in [5.41, 5.74) is 8.66. The Balaban J connectivity index is 1.21. The van der Waals surface area contributed by atoms with Crippen LogP contribution in [0, 0.1) is 5.82 Å². The fourth-order valence-corrected chi connectivity index (χ4v) is 4.64. The number of aromatic nitrogens is 3. The van der Waals surface area contributed by atoms with E-state index in [1.165, 1.54) is 17.7 Å². The van der Waals surface area contributed by atoms with Crippen LogP contribution in [0.25, 0.3) is 16.2 Å². The SMILES string of the molecule is NC(=O)c1ccc(CN2CCN(c3nn4cc(-c5ccc(F)cc5)nc4s3)CC2)cc1. The number of benzene rings is 2. The Labute approximate surface area is 182 Å². The quantitative estimate of drug-likeness (QED) is 0.520. The van der Waals surface area contributed by atoms with Gasteiger partial charge in [0.25, 0.3) is 0 Å². The third-order valence-corrected chi connectivity index (χ3v) is 6.44. The highest BCUT2D eigenvalue weighted by atomic mass is 32.1. The molecule has 2 N–H and O–H groups in total. The second-order valence-electron chi connectivity index (χ2n) is 7.57. The number of primary amides is 1. The number of nitrogens with two attached hydrogens (primary N) is 1. The van der Waals surface area contributed by atoms with Crippen LogP contribution in [-0.2, 0) is 6.54 Å². The van der Waals surface area contributed by atoms with E-state index in [1.807, 2.05) is 18.3 Å². The molecule has 9 heteroatoms. The van der Waals surface area contributed by atoms with Crippen molar-refractivity contribution in [3.05, 3.63) is 71.7 Å². The number of hydrogen-bond acceptors (Lipinski definition) is 6. The molecule has 4 aromatic rings. The Morgan fingerprint density at radius 1 is 1.03 bits per heavy atom. The maximum Gasteiger partial charge on any atom is 0.248 e. The molecule has 0 bridgehead atoms. The number of carbonyl (C=O) groups excluding carboxylic acids is 1. The van der Waals surface area contributed by atoms with Gasteiger partial charge in [0, 0.05) is 43.9 Å². The van der Waals surface area contributed by atoms with Crippen LogP contribution in [0.3, 0.4) is 0 Å². The average Bonchev–Trinajstić information content (AvgIpc) is 3.35. The van der Waals surface area contributed by atoms with Crippen LogP contribution in [0.4, 0.5) is 9.52 Å². The molecule has 0 spiro atoms. The summed E-state index contributed by atoms with van der Waals surface area (Å²) >= 11 is 1.56. The molecule has 0 atom stereocenters. The first-order chi connectivity index (χ1) is 15.0. The molecule has 7 nitrogen and oxygen atoms in total. The van der Waals surface area contributed by atoms with E-state index in [0.717, 1.165) is 54.1 Å². The Morgan fingerprint density at radius 3 is 2.39 bits per heavy atom. The van der Waals surface area contributed by atoms with E-state index in [-0.39, 0.29) is 5.82 Å². The Kier molecular flexibility index (Phi) is 5.13. The monoisotopic (exact) mass is 436 g/mol. The van der Waals surface area contributed by atoms with Crippen molar-refractivity contribution in [1.29, 1.82) is 0 Å². The highest BCUT2D eigenvalue weighted by Crippen LogP contribution is 2.27. The maximum absolute atomic E-state index is 13.1. The maximum atomic E-state index is 13.1. The highest BCUT2D eigenvalue weighted by molar-refractivity contribution is 7.20. The molecule has 1 saturated heterocycles. The number of hydrogen-bond donors (Lipinski definition) is 1. The number of halogens is 1. The van der Waals surface area contributed by atoms with Gasteiger partial charge in [-0.05, 0) is 42.0 Å². The van der Waals surface area contributed by atoms with Gasteiger partial charge in [-0.25, -0.2) is 13.9 Å². The molecule has 1 aliphatic rings. The van der Waals surface area contributed by atoms with Crippen LogP contribution in [0.2, 0.25) is 0 Å². The van der Waals surface area contributed by atoms with Crippen LogP contribution < -0.4 is 10.6 Å². The van der Waals surface area contributed by atoms with E-state index in [9.17, 15) is 9.18 Å². The molecule has 2 aromatic carbocycles. The number of carbonyl (C=O) groups is 1. The summed E-state index contributed by atoms with van der Waals surface area (Å²) in [6.45, 7) is 4.48. The first kappa shape index (κ1) is 19.7. The molecule has 1 fully saturated rings. The molecule has 158 valence electrons. The molecule has 0 radical (unpaired) electrons. The molecule has 0 aliphatic carbocycles. The second-order valence-corrected chi connectivity index (χ2v) is 8.50. The van der Waals surface area contributed by atoms with E-state index in [0.29, 0.717) is 5.56 Å². The minimum atomic E-state index is -0.403. The fourth-order valence-electron chi connectivity index (χ4n) is 3.71. The van der Waals surface area contributed by atoms with Gasteiger partial charge in [0.15, 0.2) is 0 Å². The van der Waals surface area contributed by atoms with Crippen LogP contribution in [0.5, 0.6) is 0 Å². The normalized spacial score (nSPS) is 14.9. The lowest BCUT2D eigenvalue weighted by atomic mass is 10.1. The van der Waals surface area contributed by atoms with Gasteiger partial charge in [0.2, 0.25) is 16.0 Å². The van der Waals surface area contributed by atoms with Gasteiger partial charge in [-0.1, -0.05) is 23.5 Å². The molecule has 0 saturated carbocycles. The highest BCUT2D eigenvalue weighted by Gasteiger charge is 2.21. The summed E-state index contributed by atoms with van der Waals surface area (Å²) in [7, 11) is 0.